The zero-order chi connectivity index (χ0) is 14.8. The van der Waals surface area contributed by atoms with Gasteiger partial charge in [-0.05, 0) is 57.9 Å². The summed E-state index contributed by atoms with van der Waals surface area (Å²) in [5.41, 5.74) is 1.17. The van der Waals surface area contributed by atoms with Gasteiger partial charge in [-0.2, -0.15) is 0 Å². The fraction of sp³-hybridized carbons (Fsp3) is 0.625. The summed E-state index contributed by atoms with van der Waals surface area (Å²) in [5, 5.41) is 12.1. The van der Waals surface area contributed by atoms with E-state index in [0.29, 0.717) is 6.61 Å². The van der Waals surface area contributed by atoms with Gasteiger partial charge in [-0.1, -0.05) is 6.07 Å². The molecule has 0 bridgehead atoms. The minimum atomic E-state index is 0.136. The van der Waals surface area contributed by atoms with Crippen LogP contribution in [0.25, 0.3) is 0 Å². The molecule has 2 N–H and O–H groups in total. The van der Waals surface area contributed by atoms with E-state index in [-0.39, 0.29) is 12.7 Å². The van der Waals surface area contributed by atoms with Crippen LogP contribution in [0.1, 0.15) is 39.2 Å². The first-order valence-electron chi connectivity index (χ1n) is 7.41. The van der Waals surface area contributed by atoms with Gasteiger partial charge in [-0.3, -0.25) is 0 Å². The number of benzene rings is 1. The number of hydrogen-bond donors (Lipinski definition) is 2. The molecule has 0 aliphatic heterocycles. The van der Waals surface area contributed by atoms with E-state index < -0.39 is 0 Å². The molecule has 20 heavy (non-hydrogen) atoms. The summed E-state index contributed by atoms with van der Waals surface area (Å²) < 4.78 is 11.4. The van der Waals surface area contributed by atoms with Crippen molar-refractivity contribution in [2.45, 2.75) is 46.3 Å². The zero-order valence-electron chi connectivity index (χ0n) is 12.8. The van der Waals surface area contributed by atoms with Gasteiger partial charge < -0.3 is 19.9 Å². The summed E-state index contributed by atoms with van der Waals surface area (Å²) in [4.78, 5) is 0. The Morgan fingerprint density at radius 2 is 2.00 bits per heavy atom. The maximum Gasteiger partial charge on any atom is 0.161 e. The number of aliphatic hydroxyl groups excluding tert-OH is 1. The minimum Gasteiger partial charge on any atom is -0.490 e. The van der Waals surface area contributed by atoms with Crippen molar-refractivity contribution >= 4 is 0 Å². The maximum atomic E-state index is 8.72. The number of nitrogens with one attached hydrogen (secondary N) is 1. The molecule has 0 aliphatic carbocycles. The van der Waals surface area contributed by atoms with E-state index >= 15 is 0 Å². The summed E-state index contributed by atoms with van der Waals surface area (Å²) in [6.45, 7) is 8.58. The fourth-order valence-corrected chi connectivity index (χ4v) is 1.88. The average molecular weight is 281 g/mol. The van der Waals surface area contributed by atoms with Crippen molar-refractivity contribution in [2.24, 2.45) is 0 Å². The molecule has 0 saturated carbocycles. The van der Waals surface area contributed by atoms with Crippen LogP contribution >= 0.6 is 0 Å². The van der Waals surface area contributed by atoms with Crippen molar-refractivity contribution in [2.75, 3.05) is 19.8 Å². The fourth-order valence-electron chi connectivity index (χ4n) is 1.88. The van der Waals surface area contributed by atoms with Crippen molar-refractivity contribution in [3.63, 3.8) is 0 Å². The first kappa shape index (κ1) is 16.8. The van der Waals surface area contributed by atoms with Crippen LogP contribution in [0.4, 0.5) is 0 Å². The molecule has 0 heterocycles. The Kier molecular flexibility index (Phi) is 8.07. The van der Waals surface area contributed by atoms with Gasteiger partial charge in [0, 0.05) is 13.2 Å². The molecule has 0 saturated heterocycles. The van der Waals surface area contributed by atoms with Crippen LogP contribution in [0.3, 0.4) is 0 Å². The van der Waals surface area contributed by atoms with Crippen LogP contribution in [0, 0.1) is 0 Å². The molecule has 0 unspecified atom stereocenters. The molecular weight excluding hydrogens is 254 g/mol. The Labute approximate surface area is 122 Å². The third-order valence-electron chi connectivity index (χ3n) is 2.76. The smallest absolute Gasteiger partial charge is 0.161 e. The van der Waals surface area contributed by atoms with Crippen LogP contribution < -0.4 is 14.8 Å². The van der Waals surface area contributed by atoms with Crippen LogP contribution in [-0.2, 0) is 6.54 Å². The second-order valence-corrected chi connectivity index (χ2v) is 4.99. The molecule has 1 aromatic carbocycles. The largest absolute Gasteiger partial charge is 0.490 e. The van der Waals surface area contributed by atoms with E-state index in [1.165, 1.54) is 5.56 Å². The summed E-state index contributed by atoms with van der Waals surface area (Å²) >= 11 is 0. The summed E-state index contributed by atoms with van der Waals surface area (Å²) in [7, 11) is 0. The van der Waals surface area contributed by atoms with Gasteiger partial charge in [0.05, 0.1) is 12.7 Å². The lowest BCUT2D eigenvalue weighted by Crippen LogP contribution is -2.15. The average Bonchev–Trinajstić information content (AvgIpc) is 2.41. The molecule has 0 fully saturated rings. The standard InChI is InChI=1S/C16H27NO3/c1-4-19-16-11-14(12-17-9-5-6-10-18)7-8-15(16)20-13(2)3/h7-8,11,13,17-18H,4-6,9-10,12H2,1-3H3. The minimum absolute atomic E-state index is 0.136. The monoisotopic (exact) mass is 281 g/mol. The van der Waals surface area contributed by atoms with E-state index in [4.69, 9.17) is 14.6 Å². The van der Waals surface area contributed by atoms with Crippen molar-refractivity contribution in [1.29, 1.82) is 0 Å². The topological polar surface area (TPSA) is 50.7 Å². The van der Waals surface area contributed by atoms with Gasteiger partial charge in [0.2, 0.25) is 0 Å². The molecule has 114 valence electrons. The number of ether oxygens (including phenoxy) is 2. The molecule has 4 nitrogen and oxygen atoms in total. The summed E-state index contributed by atoms with van der Waals surface area (Å²) in [6.07, 6.45) is 1.97. The first-order valence-corrected chi connectivity index (χ1v) is 7.41. The zero-order valence-corrected chi connectivity index (χ0v) is 12.8. The highest BCUT2D eigenvalue weighted by Gasteiger charge is 2.08. The molecular formula is C16H27NO3. The van der Waals surface area contributed by atoms with E-state index in [2.05, 4.69) is 11.4 Å². The Hall–Kier alpha value is -1.26. The lowest BCUT2D eigenvalue weighted by Gasteiger charge is -2.15. The van der Waals surface area contributed by atoms with Crippen LogP contribution in [0.15, 0.2) is 18.2 Å². The first-order chi connectivity index (χ1) is 9.67. The van der Waals surface area contributed by atoms with Gasteiger partial charge in [0.15, 0.2) is 11.5 Å². The lowest BCUT2D eigenvalue weighted by molar-refractivity contribution is 0.223. The van der Waals surface area contributed by atoms with Crippen molar-refractivity contribution in [1.82, 2.24) is 5.32 Å². The second-order valence-electron chi connectivity index (χ2n) is 4.99. The van der Waals surface area contributed by atoms with Crippen molar-refractivity contribution < 1.29 is 14.6 Å². The van der Waals surface area contributed by atoms with Gasteiger partial charge >= 0.3 is 0 Å². The highest BCUT2D eigenvalue weighted by Crippen LogP contribution is 2.29. The molecule has 0 spiro atoms. The van der Waals surface area contributed by atoms with Crippen molar-refractivity contribution in [3.05, 3.63) is 23.8 Å². The van der Waals surface area contributed by atoms with Gasteiger partial charge in [-0.25, -0.2) is 0 Å². The predicted molar refractivity (Wildman–Crippen MR) is 81.4 cm³/mol. The molecule has 4 heteroatoms. The third-order valence-corrected chi connectivity index (χ3v) is 2.76. The highest BCUT2D eigenvalue weighted by atomic mass is 16.5. The Morgan fingerprint density at radius 3 is 2.65 bits per heavy atom. The maximum absolute atomic E-state index is 8.72. The van der Waals surface area contributed by atoms with E-state index in [1.54, 1.807) is 0 Å². The number of unbranched alkanes of at least 4 members (excludes halogenated alkanes) is 1. The number of hydrogen-bond acceptors (Lipinski definition) is 4. The molecule has 0 aromatic heterocycles. The van der Waals surface area contributed by atoms with E-state index in [9.17, 15) is 0 Å². The third kappa shape index (κ3) is 6.26. The van der Waals surface area contributed by atoms with Crippen LogP contribution in [0.5, 0.6) is 11.5 Å². The van der Waals surface area contributed by atoms with Crippen LogP contribution in [-0.4, -0.2) is 31.0 Å². The molecule has 0 atom stereocenters. The summed E-state index contributed by atoms with van der Waals surface area (Å²) in [5.74, 6) is 1.60. The van der Waals surface area contributed by atoms with Gasteiger partial charge in [0.1, 0.15) is 0 Å². The SMILES string of the molecule is CCOc1cc(CNCCCCO)ccc1OC(C)C. The van der Waals surface area contributed by atoms with Crippen LogP contribution in [0.2, 0.25) is 0 Å². The van der Waals surface area contributed by atoms with E-state index in [1.807, 2.05) is 32.9 Å². The predicted octanol–water partition coefficient (Wildman–Crippen LogP) is 2.73. The molecule has 0 radical (unpaired) electrons. The molecule has 1 aromatic rings. The quantitative estimate of drug-likeness (QED) is 0.648. The van der Waals surface area contributed by atoms with E-state index in [0.717, 1.165) is 37.4 Å². The molecule has 0 amide bonds. The molecule has 0 aliphatic rings. The van der Waals surface area contributed by atoms with Gasteiger partial charge in [-0.15, -0.1) is 0 Å². The van der Waals surface area contributed by atoms with Gasteiger partial charge in [0.25, 0.3) is 0 Å². The highest BCUT2D eigenvalue weighted by molar-refractivity contribution is 5.43. The van der Waals surface area contributed by atoms with Crippen molar-refractivity contribution in [3.8, 4) is 11.5 Å². The summed E-state index contributed by atoms with van der Waals surface area (Å²) in [6, 6.07) is 6.05. The Balaban J connectivity index is 2.57. The Bertz CT molecular complexity index is 380. The lowest BCUT2D eigenvalue weighted by atomic mass is 10.2. The second kappa shape index (κ2) is 9.61. The number of aliphatic hydroxyl groups is 1. The normalized spacial score (nSPS) is 10.8. The Morgan fingerprint density at radius 1 is 1.20 bits per heavy atom. The molecule has 1 rings (SSSR count). The number of rotatable bonds is 10.